The number of carbonyl (C=O) groups excluding carboxylic acids is 1. The van der Waals surface area contributed by atoms with Crippen LogP contribution < -0.4 is 25.7 Å². The molecule has 2 aliphatic rings. The zero-order valence-corrected chi connectivity index (χ0v) is 17.3. The van der Waals surface area contributed by atoms with E-state index in [0.29, 0.717) is 22.5 Å². The minimum atomic E-state index is -0.291. The Morgan fingerprint density at radius 3 is 2.45 bits per heavy atom. The SMILES string of the molecule is COc1nc(Nc2ccc(N3CCN(C)CC3)cc2)nc2c1=C(C)C(C)C(=O)N=2. The molecule has 1 fully saturated rings. The first-order valence-corrected chi connectivity index (χ1v) is 9.82. The number of nitrogens with zero attached hydrogens (tertiary/aromatic N) is 5. The van der Waals surface area contributed by atoms with E-state index in [1.165, 1.54) is 5.69 Å². The van der Waals surface area contributed by atoms with Crippen LogP contribution in [-0.2, 0) is 4.79 Å². The molecular formula is C21H26N6O2. The molecule has 2 aliphatic heterocycles. The minimum Gasteiger partial charge on any atom is -0.480 e. The van der Waals surface area contributed by atoms with Crippen LogP contribution in [0.5, 0.6) is 5.88 Å². The summed E-state index contributed by atoms with van der Waals surface area (Å²) in [4.78, 5) is 29.9. The summed E-state index contributed by atoms with van der Waals surface area (Å²) in [6.07, 6.45) is 0. The zero-order valence-electron chi connectivity index (χ0n) is 17.3. The number of likely N-dealkylation sites (N-methyl/N-ethyl adjacent to an activating group) is 1. The Kier molecular flexibility index (Phi) is 5.19. The number of rotatable bonds is 4. The Labute approximate surface area is 169 Å². The Morgan fingerprint density at radius 1 is 1.10 bits per heavy atom. The highest BCUT2D eigenvalue weighted by molar-refractivity contribution is 5.89. The summed E-state index contributed by atoms with van der Waals surface area (Å²) in [5.41, 5.74) is 3.29. The topological polar surface area (TPSA) is 83.0 Å². The van der Waals surface area contributed by atoms with E-state index in [9.17, 15) is 4.79 Å². The van der Waals surface area contributed by atoms with E-state index in [-0.39, 0.29) is 11.8 Å². The van der Waals surface area contributed by atoms with Crippen LogP contribution in [-0.4, -0.2) is 61.1 Å². The molecular weight excluding hydrogens is 368 g/mol. The van der Waals surface area contributed by atoms with Gasteiger partial charge in [-0.25, -0.2) is 0 Å². The van der Waals surface area contributed by atoms with E-state index in [1.807, 2.05) is 26.0 Å². The van der Waals surface area contributed by atoms with Crippen LogP contribution in [0.1, 0.15) is 13.8 Å². The van der Waals surface area contributed by atoms with E-state index in [1.54, 1.807) is 7.11 Å². The highest BCUT2D eigenvalue weighted by Gasteiger charge is 2.23. The number of fused-ring (bicyclic) bond motifs is 1. The molecule has 1 aromatic carbocycles. The van der Waals surface area contributed by atoms with Crippen LogP contribution in [0, 0.1) is 5.92 Å². The Bertz CT molecular complexity index is 1040. The second-order valence-electron chi connectivity index (χ2n) is 7.57. The van der Waals surface area contributed by atoms with Gasteiger partial charge in [-0.15, -0.1) is 0 Å². The molecule has 8 heteroatoms. The predicted octanol–water partition coefficient (Wildman–Crippen LogP) is 0.947. The first kappa shape index (κ1) is 19.3. The summed E-state index contributed by atoms with van der Waals surface area (Å²) in [6, 6.07) is 8.20. The predicted molar refractivity (Wildman–Crippen MR) is 112 cm³/mol. The minimum absolute atomic E-state index is 0.196. The molecule has 1 saturated heterocycles. The van der Waals surface area contributed by atoms with Gasteiger partial charge in [0.15, 0.2) is 5.49 Å². The van der Waals surface area contributed by atoms with Crippen molar-refractivity contribution in [2.24, 2.45) is 10.9 Å². The van der Waals surface area contributed by atoms with E-state index in [4.69, 9.17) is 4.74 Å². The van der Waals surface area contributed by atoms with E-state index < -0.39 is 0 Å². The van der Waals surface area contributed by atoms with Crippen molar-refractivity contribution in [1.82, 2.24) is 14.9 Å². The number of piperazine rings is 1. The molecule has 29 heavy (non-hydrogen) atoms. The molecule has 1 atom stereocenters. The van der Waals surface area contributed by atoms with E-state index >= 15 is 0 Å². The lowest BCUT2D eigenvalue weighted by atomic mass is 9.98. The van der Waals surface area contributed by atoms with Crippen molar-refractivity contribution in [3.63, 3.8) is 0 Å². The van der Waals surface area contributed by atoms with Crippen LogP contribution in [0.25, 0.3) is 5.57 Å². The van der Waals surface area contributed by atoms with Crippen molar-refractivity contribution < 1.29 is 9.53 Å². The van der Waals surface area contributed by atoms with Gasteiger partial charge in [0.25, 0.3) is 5.91 Å². The second kappa shape index (κ2) is 7.79. The monoisotopic (exact) mass is 394 g/mol. The molecule has 152 valence electrons. The summed E-state index contributed by atoms with van der Waals surface area (Å²) in [5.74, 6) is 0.290. The summed E-state index contributed by atoms with van der Waals surface area (Å²) < 4.78 is 5.46. The number of anilines is 3. The molecule has 0 aliphatic carbocycles. The molecule has 1 aromatic heterocycles. The normalized spacial score (nSPS) is 19.6. The molecule has 1 N–H and O–H groups in total. The maximum Gasteiger partial charge on any atom is 0.254 e. The average Bonchev–Trinajstić information content (AvgIpc) is 2.72. The van der Waals surface area contributed by atoms with Crippen LogP contribution in [0.2, 0.25) is 0 Å². The third kappa shape index (κ3) is 3.80. The zero-order chi connectivity index (χ0) is 20.5. The molecule has 1 amide bonds. The number of ether oxygens (including phenoxy) is 1. The molecule has 0 saturated carbocycles. The number of aromatic nitrogens is 2. The standard InChI is InChI=1S/C21H26N6O2/c1-13-14(2)19(28)23-18-17(13)20(29-4)25-21(24-18)22-15-5-7-16(8-6-15)27-11-9-26(3)10-12-27/h5-8,14H,9-12H2,1-4H3,(H,22,23,24,28). The van der Waals surface area contributed by atoms with E-state index in [2.05, 4.69) is 49.3 Å². The number of nitrogens with one attached hydrogen (secondary N) is 1. The van der Waals surface area contributed by atoms with Crippen molar-refractivity contribution >= 4 is 28.8 Å². The van der Waals surface area contributed by atoms with Crippen molar-refractivity contribution in [2.75, 3.05) is 50.6 Å². The van der Waals surface area contributed by atoms with Crippen LogP contribution >= 0.6 is 0 Å². The number of hydrogen-bond donors (Lipinski definition) is 1. The van der Waals surface area contributed by atoms with Crippen molar-refractivity contribution in [1.29, 1.82) is 0 Å². The Morgan fingerprint density at radius 2 is 1.79 bits per heavy atom. The molecule has 0 bridgehead atoms. The van der Waals surface area contributed by atoms with Gasteiger partial charge in [-0.2, -0.15) is 15.0 Å². The van der Waals surface area contributed by atoms with Crippen molar-refractivity contribution in [3.8, 4) is 5.88 Å². The smallest absolute Gasteiger partial charge is 0.254 e. The Balaban J connectivity index is 1.60. The third-order valence-electron chi connectivity index (χ3n) is 5.67. The lowest BCUT2D eigenvalue weighted by molar-refractivity contribution is -0.120. The van der Waals surface area contributed by atoms with Gasteiger partial charge in [-0.05, 0) is 50.7 Å². The summed E-state index contributed by atoms with van der Waals surface area (Å²) >= 11 is 0. The van der Waals surface area contributed by atoms with Crippen molar-refractivity contribution in [3.05, 3.63) is 35.0 Å². The fourth-order valence-corrected chi connectivity index (χ4v) is 3.61. The van der Waals surface area contributed by atoms with Crippen LogP contribution in [0.15, 0.2) is 29.3 Å². The molecule has 2 aromatic rings. The van der Waals surface area contributed by atoms with Crippen molar-refractivity contribution in [2.45, 2.75) is 13.8 Å². The molecule has 4 rings (SSSR count). The van der Waals surface area contributed by atoms with Gasteiger partial charge in [0.2, 0.25) is 11.8 Å². The number of hydrogen-bond acceptors (Lipinski definition) is 7. The van der Waals surface area contributed by atoms with Gasteiger partial charge in [-0.1, -0.05) is 0 Å². The number of amides is 1. The average molecular weight is 394 g/mol. The second-order valence-corrected chi connectivity index (χ2v) is 7.57. The first-order chi connectivity index (χ1) is 14.0. The molecule has 1 unspecified atom stereocenters. The fraction of sp³-hybridized carbons (Fsp3) is 0.429. The van der Waals surface area contributed by atoms with Gasteiger partial charge in [-0.3, -0.25) is 4.79 Å². The van der Waals surface area contributed by atoms with Gasteiger partial charge in [0, 0.05) is 37.6 Å². The number of methoxy groups -OCH3 is 1. The number of benzene rings is 1. The quantitative estimate of drug-likeness (QED) is 0.827. The maximum absolute atomic E-state index is 12.1. The number of carbonyl (C=O) groups is 1. The lowest BCUT2D eigenvalue weighted by Gasteiger charge is -2.34. The Hall–Kier alpha value is -3.00. The fourth-order valence-electron chi connectivity index (χ4n) is 3.61. The van der Waals surface area contributed by atoms with Crippen LogP contribution in [0.4, 0.5) is 17.3 Å². The lowest BCUT2D eigenvalue weighted by Crippen LogP contribution is -2.44. The maximum atomic E-state index is 12.1. The van der Waals surface area contributed by atoms with Gasteiger partial charge >= 0.3 is 0 Å². The van der Waals surface area contributed by atoms with Gasteiger partial charge in [0.05, 0.1) is 18.2 Å². The summed E-state index contributed by atoms with van der Waals surface area (Å²) in [7, 11) is 3.71. The van der Waals surface area contributed by atoms with Crippen LogP contribution in [0.3, 0.4) is 0 Å². The highest BCUT2D eigenvalue weighted by Crippen LogP contribution is 2.21. The van der Waals surface area contributed by atoms with Gasteiger partial charge < -0.3 is 19.9 Å². The molecule has 0 spiro atoms. The largest absolute Gasteiger partial charge is 0.480 e. The molecule has 0 radical (unpaired) electrons. The summed E-state index contributed by atoms with van der Waals surface area (Å²) in [5, 5.41) is 3.90. The first-order valence-electron chi connectivity index (χ1n) is 9.82. The van der Waals surface area contributed by atoms with Gasteiger partial charge in [0.1, 0.15) is 0 Å². The molecule has 3 heterocycles. The highest BCUT2D eigenvalue weighted by atomic mass is 16.5. The third-order valence-corrected chi connectivity index (χ3v) is 5.67. The summed E-state index contributed by atoms with van der Waals surface area (Å²) in [6.45, 7) is 7.92. The molecule has 8 nitrogen and oxygen atoms in total. The van der Waals surface area contributed by atoms with E-state index in [0.717, 1.165) is 37.4 Å².